The topological polar surface area (TPSA) is 113 Å². The number of esters is 5. The molecule has 8 heteroatoms. The fraction of sp³-hybridized carbons (Fsp3) is 0.679. The van der Waals surface area contributed by atoms with Crippen LogP contribution in [0.1, 0.15) is 116 Å². The summed E-state index contributed by atoms with van der Waals surface area (Å²) >= 11 is 0. The van der Waals surface area contributed by atoms with Crippen molar-refractivity contribution in [2.24, 2.45) is 0 Å². The molecule has 200 valence electrons. The summed E-state index contributed by atoms with van der Waals surface area (Å²) in [6, 6.07) is 0. The molecule has 0 amide bonds. The van der Waals surface area contributed by atoms with Crippen LogP contribution in [0.15, 0.2) is 22.3 Å². The second-order valence-electron chi connectivity index (χ2n) is 9.62. The highest BCUT2D eigenvalue weighted by molar-refractivity contribution is 6.12. The normalized spacial score (nSPS) is 16.1. The van der Waals surface area contributed by atoms with Gasteiger partial charge in [0.25, 0.3) is 0 Å². The number of hydrogen-bond donors (Lipinski definition) is 0. The lowest BCUT2D eigenvalue weighted by molar-refractivity contribution is -0.159. The highest BCUT2D eigenvalue weighted by Gasteiger charge is 2.31. The van der Waals surface area contributed by atoms with E-state index >= 15 is 0 Å². The van der Waals surface area contributed by atoms with Gasteiger partial charge in [0.1, 0.15) is 0 Å². The van der Waals surface area contributed by atoms with E-state index in [0.29, 0.717) is 24.0 Å². The second kappa shape index (κ2) is 16.1. The number of unbranched alkanes of at least 4 members (excludes halogenated alkanes) is 13. The van der Waals surface area contributed by atoms with Crippen LogP contribution in [0.3, 0.4) is 0 Å². The molecule has 0 saturated heterocycles. The lowest BCUT2D eigenvalue weighted by Gasteiger charge is -2.16. The van der Waals surface area contributed by atoms with E-state index in [2.05, 4.69) is 9.47 Å². The third kappa shape index (κ3) is 9.70. The van der Waals surface area contributed by atoms with Crippen LogP contribution in [0, 0.1) is 0 Å². The molecule has 2 aliphatic heterocycles. The van der Waals surface area contributed by atoms with Crippen molar-refractivity contribution >= 4 is 29.8 Å². The molecule has 8 nitrogen and oxygen atoms in total. The molecule has 0 spiro atoms. The monoisotopic (exact) mass is 504 g/mol. The van der Waals surface area contributed by atoms with Crippen LogP contribution >= 0.6 is 0 Å². The fourth-order valence-electron chi connectivity index (χ4n) is 4.66. The van der Waals surface area contributed by atoms with E-state index in [1.54, 1.807) is 6.92 Å². The lowest BCUT2D eigenvalue weighted by Crippen LogP contribution is -2.26. The third-order valence-corrected chi connectivity index (χ3v) is 6.86. The van der Waals surface area contributed by atoms with Gasteiger partial charge in [0.2, 0.25) is 0 Å². The summed E-state index contributed by atoms with van der Waals surface area (Å²) in [5.41, 5.74) is 1.44. The van der Waals surface area contributed by atoms with E-state index in [0.717, 1.165) is 44.9 Å². The number of rotatable bonds is 18. The standard InChI is InChI=1S/C28H40O8/c1-20-21(27(32)36-25(20)30)17-15-13-11-9-7-5-3-4-6-8-10-12-14-16-18-22-23(26(31)34-2)19-24(29)35-28(22)33/h3-19H2,1-2H3. The Bertz CT molecular complexity index is 880. The smallest absolute Gasteiger partial charge is 0.342 e. The maximum atomic E-state index is 12.0. The van der Waals surface area contributed by atoms with Crippen molar-refractivity contribution < 1.29 is 38.2 Å². The molecule has 0 aromatic rings. The van der Waals surface area contributed by atoms with E-state index in [9.17, 15) is 24.0 Å². The SMILES string of the molecule is COC(=O)C1=C(CCCCCCCCCCCCCCCCC2=C(C)C(=O)OC2=O)C(=O)OC(=O)C1. The van der Waals surface area contributed by atoms with Crippen LogP contribution in [0.4, 0.5) is 0 Å². The van der Waals surface area contributed by atoms with Gasteiger partial charge < -0.3 is 14.2 Å². The molecule has 2 rings (SSSR count). The van der Waals surface area contributed by atoms with E-state index in [1.165, 1.54) is 52.1 Å². The molecule has 0 aliphatic carbocycles. The quantitative estimate of drug-likeness (QED) is 0.103. The lowest BCUT2D eigenvalue weighted by atomic mass is 9.97. The number of cyclic esters (lactones) is 4. The third-order valence-electron chi connectivity index (χ3n) is 6.86. The van der Waals surface area contributed by atoms with Crippen molar-refractivity contribution in [2.45, 2.75) is 116 Å². The summed E-state index contributed by atoms with van der Waals surface area (Å²) in [6.07, 6.45) is 16.6. The molecule has 0 saturated carbocycles. The van der Waals surface area contributed by atoms with E-state index < -0.39 is 29.8 Å². The maximum absolute atomic E-state index is 12.0. The summed E-state index contributed by atoms with van der Waals surface area (Å²) in [4.78, 5) is 58.1. The zero-order chi connectivity index (χ0) is 26.3. The van der Waals surface area contributed by atoms with Gasteiger partial charge in [0.15, 0.2) is 0 Å². The summed E-state index contributed by atoms with van der Waals surface area (Å²) in [7, 11) is 1.24. The van der Waals surface area contributed by atoms with Crippen LogP contribution in [0.25, 0.3) is 0 Å². The van der Waals surface area contributed by atoms with E-state index in [4.69, 9.17) is 4.74 Å². The molecular weight excluding hydrogens is 464 g/mol. The van der Waals surface area contributed by atoms with Crippen molar-refractivity contribution in [1.82, 2.24) is 0 Å². The Morgan fingerprint density at radius 1 is 0.639 bits per heavy atom. The maximum Gasteiger partial charge on any atom is 0.342 e. The molecule has 0 radical (unpaired) electrons. The Morgan fingerprint density at radius 2 is 1.06 bits per heavy atom. The van der Waals surface area contributed by atoms with Crippen molar-refractivity contribution in [1.29, 1.82) is 0 Å². The van der Waals surface area contributed by atoms with Gasteiger partial charge in [0.05, 0.1) is 19.1 Å². The predicted molar refractivity (Wildman–Crippen MR) is 132 cm³/mol. The average Bonchev–Trinajstić information content (AvgIpc) is 3.09. The summed E-state index contributed by atoms with van der Waals surface area (Å²) in [5.74, 6) is -3.01. The van der Waals surface area contributed by atoms with Gasteiger partial charge in [-0.2, -0.15) is 0 Å². The Kier molecular flexibility index (Phi) is 13.1. The van der Waals surface area contributed by atoms with E-state index in [1.807, 2.05) is 0 Å². The van der Waals surface area contributed by atoms with Crippen molar-refractivity contribution in [3.8, 4) is 0 Å². The molecule has 2 heterocycles. The summed E-state index contributed by atoms with van der Waals surface area (Å²) in [6.45, 7) is 1.66. The number of carbonyl (C=O) groups excluding carboxylic acids is 5. The van der Waals surface area contributed by atoms with Crippen LogP contribution in [0.2, 0.25) is 0 Å². The molecule has 0 atom stereocenters. The van der Waals surface area contributed by atoms with Gasteiger partial charge >= 0.3 is 29.8 Å². The molecule has 2 aliphatic rings. The predicted octanol–water partition coefficient (Wildman–Crippen LogP) is 5.57. The minimum absolute atomic E-state index is 0.139. The Morgan fingerprint density at radius 3 is 1.47 bits per heavy atom. The molecule has 0 aromatic heterocycles. The second-order valence-corrected chi connectivity index (χ2v) is 9.62. The molecule has 0 aromatic carbocycles. The largest absolute Gasteiger partial charge is 0.466 e. The highest BCUT2D eigenvalue weighted by Crippen LogP contribution is 2.25. The van der Waals surface area contributed by atoms with Gasteiger partial charge in [-0.3, -0.25) is 4.79 Å². The zero-order valence-corrected chi connectivity index (χ0v) is 21.8. The first kappa shape index (κ1) is 29.5. The zero-order valence-electron chi connectivity index (χ0n) is 21.8. The highest BCUT2D eigenvalue weighted by atomic mass is 16.6. The first-order valence-corrected chi connectivity index (χ1v) is 13.4. The minimum atomic E-state index is -0.715. The van der Waals surface area contributed by atoms with Crippen LogP contribution in [0.5, 0.6) is 0 Å². The number of carbonyl (C=O) groups is 5. The van der Waals surface area contributed by atoms with E-state index in [-0.39, 0.29) is 17.6 Å². The Balaban J connectivity index is 1.40. The van der Waals surface area contributed by atoms with Crippen molar-refractivity contribution in [2.75, 3.05) is 7.11 Å². The van der Waals surface area contributed by atoms with Gasteiger partial charge in [-0.05, 0) is 32.6 Å². The fourth-order valence-corrected chi connectivity index (χ4v) is 4.66. The average molecular weight is 505 g/mol. The Hall–Kier alpha value is -2.77. The van der Waals surface area contributed by atoms with Crippen LogP contribution in [-0.4, -0.2) is 37.0 Å². The van der Waals surface area contributed by atoms with Crippen LogP contribution < -0.4 is 0 Å². The number of ether oxygens (including phenoxy) is 3. The molecule has 0 unspecified atom stereocenters. The number of hydrogen-bond acceptors (Lipinski definition) is 8. The molecule has 36 heavy (non-hydrogen) atoms. The number of methoxy groups -OCH3 is 1. The minimum Gasteiger partial charge on any atom is -0.466 e. The van der Waals surface area contributed by atoms with Gasteiger partial charge in [-0.15, -0.1) is 0 Å². The van der Waals surface area contributed by atoms with Gasteiger partial charge in [0, 0.05) is 16.7 Å². The molecule has 0 bridgehead atoms. The molecular formula is C28H40O8. The first-order chi connectivity index (χ1) is 17.3. The van der Waals surface area contributed by atoms with Gasteiger partial charge in [-0.25, -0.2) is 19.2 Å². The Labute approximate surface area is 213 Å². The van der Waals surface area contributed by atoms with Crippen molar-refractivity contribution in [3.63, 3.8) is 0 Å². The molecule has 0 fully saturated rings. The van der Waals surface area contributed by atoms with Crippen molar-refractivity contribution in [3.05, 3.63) is 22.3 Å². The summed E-state index contributed by atoms with van der Waals surface area (Å²) in [5, 5.41) is 0. The molecule has 0 N–H and O–H groups in total. The van der Waals surface area contributed by atoms with Gasteiger partial charge in [-0.1, -0.05) is 77.0 Å². The first-order valence-electron chi connectivity index (χ1n) is 13.4. The van der Waals surface area contributed by atoms with Crippen LogP contribution in [-0.2, 0) is 38.2 Å². The summed E-state index contributed by atoms with van der Waals surface area (Å²) < 4.78 is 14.0.